The molecule has 94 valence electrons. The van der Waals surface area contributed by atoms with E-state index in [4.69, 9.17) is 4.74 Å². The van der Waals surface area contributed by atoms with E-state index in [2.05, 4.69) is 17.1 Å². The molecular formula is C12H24N2O2. The molecule has 1 aliphatic heterocycles. The molecule has 1 heterocycles. The third-order valence-corrected chi connectivity index (χ3v) is 2.82. The quantitative estimate of drug-likeness (QED) is 0.522. The molecule has 0 saturated carbocycles. The number of nitrogens with zero attached hydrogens (tertiary/aromatic N) is 1. The first kappa shape index (κ1) is 13.5. The van der Waals surface area contributed by atoms with Crippen molar-refractivity contribution in [2.24, 2.45) is 0 Å². The van der Waals surface area contributed by atoms with Gasteiger partial charge < -0.3 is 10.1 Å². The van der Waals surface area contributed by atoms with Crippen LogP contribution in [-0.4, -0.2) is 50.2 Å². The summed E-state index contributed by atoms with van der Waals surface area (Å²) in [4.78, 5) is 13.6. The van der Waals surface area contributed by atoms with Crippen LogP contribution < -0.4 is 5.32 Å². The lowest BCUT2D eigenvalue weighted by atomic mass is 10.2. The number of esters is 1. The number of hydrogen-bond donors (Lipinski definition) is 1. The number of hydrogen-bond acceptors (Lipinski definition) is 4. The minimum atomic E-state index is -0.0709. The van der Waals surface area contributed by atoms with E-state index >= 15 is 0 Å². The van der Waals surface area contributed by atoms with Gasteiger partial charge >= 0.3 is 5.97 Å². The van der Waals surface area contributed by atoms with Crippen molar-refractivity contribution in [3.05, 3.63) is 0 Å². The Morgan fingerprint density at radius 2 is 2.00 bits per heavy atom. The zero-order chi connectivity index (χ0) is 11.6. The molecule has 4 heteroatoms. The summed E-state index contributed by atoms with van der Waals surface area (Å²) in [6.45, 7) is 7.07. The van der Waals surface area contributed by atoms with Gasteiger partial charge in [-0.2, -0.15) is 0 Å². The van der Waals surface area contributed by atoms with Crippen LogP contribution in [0.25, 0.3) is 0 Å². The van der Waals surface area contributed by atoms with Crippen molar-refractivity contribution in [3.8, 4) is 0 Å². The molecule has 1 aliphatic rings. The van der Waals surface area contributed by atoms with Gasteiger partial charge in [0, 0.05) is 26.2 Å². The van der Waals surface area contributed by atoms with Crippen LogP contribution in [0.5, 0.6) is 0 Å². The number of ether oxygens (including phenoxy) is 1. The second kappa shape index (κ2) is 8.53. The molecule has 16 heavy (non-hydrogen) atoms. The van der Waals surface area contributed by atoms with Crippen LogP contribution in [0.3, 0.4) is 0 Å². The first-order chi connectivity index (χ1) is 7.83. The van der Waals surface area contributed by atoms with Gasteiger partial charge in [0.2, 0.25) is 0 Å². The van der Waals surface area contributed by atoms with Crippen LogP contribution in [0.2, 0.25) is 0 Å². The maximum absolute atomic E-state index is 11.5. The highest BCUT2D eigenvalue weighted by Crippen LogP contribution is 1.99. The van der Waals surface area contributed by atoms with Crippen molar-refractivity contribution in [1.29, 1.82) is 0 Å². The lowest BCUT2D eigenvalue weighted by Crippen LogP contribution is -2.45. The summed E-state index contributed by atoms with van der Waals surface area (Å²) in [5, 5.41) is 3.26. The largest absolute Gasteiger partial charge is 0.465 e. The number of carbonyl (C=O) groups is 1. The van der Waals surface area contributed by atoms with E-state index in [1.165, 1.54) is 12.8 Å². The summed E-state index contributed by atoms with van der Waals surface area (Å²) >= 11 is 0. The van der Waals surface area contributed by atoms with Crippen LogP contribution in [0, 0.1) is 0 Å². The Bertz CT molecular complexity index is 191. The van der Waals surface area contributed by atoms with E-state index in [9.17, 15) is 4.79 Å². The van der Waals surface area contributed by atoms with Gasteiger partial charge in [0.15, 0.2) is 0 Å². The summed E-state index contributed by atoms with van der Waals surface area (Å²) in [6, 6.07) is 0. The fourth-order valence-electron chi connectivity index (χ4n) is 1.81. The molecule has 1 fully saturated rings. The molecule has 4 nitrogen and oxygen atoms in total. The molecule has 1 rings (SSSR count). The lowest BCUT2D eigenvalue weighted by molar-refractivity contribution is -0.145. The number of unbranched alkanes of at least 4 members (excludes halogenated alkanes) is 3. The van der Waals surface area contributed by atoms with Crippen LogP contribution in [0.4, 0.5) is 0 Å². The first-order valence-corrected chi connectivity index (χ1v) is 6.41. The van der Waals surface area contributed by atoms with Gasteiger partial charge in [0.05, 0.1) is 13.2 Å². The summed E-state index contributed by atoms with van der Waals surface area (Å²) in [5.74, 6) is -0.0709. The Kier molecular flexibility index (Phi) is 7.17. The fraction of sp³-hybridized carbons (Fsp3) is 0.917. The number of piperazine rings is 1. The van der Waals surface area contributed by atoms with Crippen molar-refractivity contribution in [3.63, 3.8) is 0 Å². The zero-order valence-corrected chi connectivity index (χ0v) is 10.3. The van der Waals surface area contributed by atoms with E-state index in [1.807, 2.05) is 0 Å². The smallest absolute Gasteiger partial charge is 0.320 e. The van der Waals surface area contributed by atoms with E-state index < -0.39 is 0 Å². The number of carbonyl (C=O) groups excluding carboxylic acids is 1. The second-order valence-corrected chi connectivity index (χ2v) is 4.31. The molecule has 1 saturated heterocycles. The molecule has 0 amide bonds. The summed E-state index contributed by atoms with van der Waals surface area (Å²) in [7, 11) is 0. The van der Waals surface area contributed by atoms with Gasteiger partial charge in [0.25, 0.3) is 0 Å². The van der Waals surface area contributed by atoms with E-state index in [0.29, 0.717) is 13.2 Å². The number of nitrogens with one attached hydrogen (secondary N) is 1. The highest BCUT2D eigenvalue weighted by atomic mass is 16.5. The molecular weight excluding hydrogens is 204 g/mol. The van der Waals surface area contributed by atoms with Crippen LogP contribution in [0.15, 0.2) is 0 Å². The number of rotatable bonds is 7. The van der Waals surface area contributed by atoms with Crippen molar-refractivity contribution in [2.75, 3.05) is 39.3 Å². The topological polar surface area (TPSA) is 41.6 Å². The van der Waals surface area contributed by atoms with Gasteiger partial charge in [-0.25, -0.2) is 0 Å². The zero-order valence-electron chi connectivity index (χ0n) is 10.3. The molecule has 0 aliphatic carbocycles. The molecule has 0 aromatic rings. The third kappa shape index (κ3) is 6.08. The Morgan fingerprint density at radius 1 is 1.25 bits per heavy atom. The Labute approximate surface area is 98.3 Å². The van der Waals surface area contributed by atoms with Crippen LogP contribution >= 0.6 is 0 Å². The predicted octanol–water partition coefficient (Wildman–Crippen LogP) is 1.02. The lowest BCUT2D eigenvalue weighted by Gasteiger charge is -2.25. The van der Waals surface area contributed by atoms with E-state index in [1.54, 1.807) is 0 Å². The van der Waals surface area contributed by atoms with Gasteiger partial charge in [-0.05, 0) is 6.42 Å². The Morgan fingerprint density at radius 3 is 2.69 bits per heavy atom. The molecule has 0 unspecified atom stereocenters. The molecule has 0 aromatic carbocycles. The highest BCUT2D eigenvalue weighted by Gasteiger charge is 2.13. The summed E-state index contributed by atoms with van der Waals surface area (Å²) < 4.78 is 5.19. The third-order valence-electron chi connectivity index (χ3n) is 2.82. The normalized spacial score (nSPS) is 17.3. The molecule has 0 aromatic heterocycles. The van der Waals surface area contributed by atoms with E-state index in [-0.39, 0.29) is 5.97 Å². The van der Waals surface area contributed by atoms with Crippen LogP contribution in [0.1, 0.15) is 32.6 Å². The second-order valence-electron chi connectivity index (χ2n) is 4.31. The maximum Gasteiger partial charge on any atom is 0.320 e. The standard InChI is InChI=1S/C12H24N2O2/c1-2-3-4-5-10-16-12(15)11-14-8-6-13-7-9-14/h13H,2-11H2,1H3. The van der Waals surface area contributed by atoms with Gasteiger partial charge in [-0.1, -0.05) is 26.2 Å². The molecule has 1 N–H and O–H groups in total. The van der Waals surface area contributed by atoms with Gasteiger partial charge in [-0.15, -0.1) is 0 Å². The average molecular weight is 228 g/mol. The summed E-state index contributed by atoms with van der Waals surface area (Å²) in [5.41, 5.74) is 0. The fourth-order valence-corrected chi connectivity index (χ4v) is 1.81. The average Bonchev–Trinajstić information content (AvgIpc) is 2.30. The Balaban J connectivity index is 1.97. The molecule has 0 bridgehead atoms. The SMILES string of the molecule is CCCCCCOC(=O)CN1CCNCC1. The molecule has 0 atom stereocenters. The first-order valence-electron chi connectivity index (χ1n) is 6.41. The highest BCUT2D eigenvalue weighted by molar-refractivity contribution is 5.71. The monoisotopic (exact) mass is 228 g/mol. The van der Waals surface area contributed by atoms with Crippen molar-refractivity contribution in [2.45, 2.75) is 32.6 Å². The van der Waals surface area contributed by atoms with Crippen molar-refractivity contribution < 1.29 is 9.53 Å². The Hall–Kier alpha value is -0.610. The molecule has 0 spiro atoms. The van der Waals surface area contributed by atoms with E-state index in [0.717, 1.165) is 39.0 Å². The van der Waals surface area contributed by atoms with Crippen molar-refractivity contribution in [1.82, 2.24) is 10.2 Å². The minimum Gasteiger partial charge on any atom is -0.465 e. The minimum absolute atomic E-state index is 0.0709. The molecule has 0 radical (unpaired) electrons. The van der Waals surface area contributed by atoms with Crippen LogP contribution in [-0.2, 0) is 9.53 Å². The maximum atomic E-state index is 11.5. The van der Waals surface area contributed by atoms with Crippen molar-refractivity contribution >= 4 is 5.97 Å². The summed E-state index contributed by atoms with van der Waals surface area (Å²) in [6.07, 6.45) is 4.61. The predicted molar refractivity (Wildman–Crippen MR) is 64.4 cm³/mol. The van der Waals surface area contributed by atoms with Gasteiger partial charge in [-0.3, -0.25) is 9.69 Å². The van der Waals surface area contributed by atoms with Gasteiger partial charge in [0.1, 0.15) is 0 Å².